The van der Waals surface area contributed by atoms with E-state index in [0.29, 0.717) is 0 Å². The number of fused-ring (bicyclic) bond motifs is 1. The van der Waals surface area contributed by atoms with Gasteiger partial charge in [0.2, 0.25) is 5.79 Å². The van der Waals surface area contributed by atoms with Gasteiger partial charge in [-0.05, 0) is 0 Å². The second kappa shape index (κ2) is 1.54. The Morgan fingerprint density at radius 2 is 1.90 bits per heavy atom. The summed E-state index contributed by atoms with van der Waals surface area (Å²) in [6, 6.07) is 0. The summed E-state index contributed by atoms with van der Waals surface area (Å²) in [4.78, 5) is 0. The molecule has 0 radical (unpaired) electrons. The van der Waals surface area contributed by atoms with Crippen molar-refractivity contribution in [2.75, 3.05) is 0 Å². The van der Waals surface area contributed by atoms with Crippen molar-refractivity contribution in [3.05, 3.63) is 0 Å². The first-order valence-corrected chi connectivity index (χ1v) is 3.08. The van der Waals surface area contributed by atoms with Gasteiger partial charge in [-0.2, -0.15) is 0 Å². The summed E-state index contributed by atoms with van der Waals surface area (Å²) < 4.78 is 13.9. The monoisotopic (exact) mass is 146 g/mol. The van der Waals surface area contributed by atoms with Crippen molar-refractivity contribution in [1.29, 1.82) is 0 Å². The number of rotatable bonds is 1. The van der Waals surface area contributed by atoms with E-state index in [1.54, 1.807) is 6.92 Å². The highest BCUT2D eigenvalue weighted by Crippen LogP contribution is 2.46. The second-order valence-corrected chi connectivity index (χ2v) is 2.36. The van der Waals surface area contributed by atoms with Crippen molar-refractivity contribution in [2.45, 2.75) is 25.1 Å². The van der Waals surface area contributed by atoms with Crippen molar-refractivity contribution < 1.29 is 24.2 Å². The molecular weight excluding hydrogens is 139 g/mol. The van der Waals surface area contributed by atoms with Crippen molar-refractivity contribution in [2.24, 2.45) is 0 Å². The maximum atomic E-state index is 9.35. The molecule has 10 heavy (non-hydrogen) atoms. The maximum Gasteiger partial charge on any atom is 0.649 e. The van der Waals surface area contributed by atoms with Gasteiger partial charge in [0.25, 0.3) is 0 Å². The smallest absolute Gasteiger partial charge is 0.360 e. The molecule has 5 nitrogen and oxygen atoms in total. The lowest BCUT2D eigenvalue weighted by atomic mass is 10.1. The molecule has 0 aromatic rings. The lowest BCUT2D eigenvalue weighted by Crippen LogP contribution is -2.57. The Labute approximate surface area is 57.7 Å². The molecule has 0 saturated carbocycles. The Kier molecular flexibility index (Phi) is 1.01. The SMILES string of the molecule is CCC1(O)OB2OC1(O)O2. The first kappa shape index (κ1) is 6.57. The molecule has 3 aliphatic rings. The molecule has 0 spiro atoms. The molecule has 0 aromatic heterocycles. The topological polar surface area (TPSA) is 68.2 Å². The minimum atomic E-state index is -1.92. The number of aliphatic hydroxyl groups is 2. The molecule has 3 fully saturated rings. The van der Waals surface area contributed by atoms with E-state index in [0.717, 1.165) is 0 Å². The van der Waals surface area contributed by atoms with Crippen LogP contribution in [0.3, 0.4) is 0 Å². The summed E-state index contributed by atoms with van der Waals surface area (Å²) in [7, 11) is -0.894. The van der Waals surface area contributed by atoms with E-state index in [2.05, 4.69) is 9.31 Å². The van der Waals surface area contributed by atoms with E-state index >= 15 is 0 Å². The third-order valence-electron chi connectivity index (χ3n) is 1.78. The number of hydrogen-bond donors (Lipinski definition) is 2. The predicted molar refractivity (Wildman–Crippen MR) is 29.2 cm³/mol. The van der Waals surface area contributed by atoms with Crippen LogP contribution in [0.25, 0.3) is 0 Å². The molecule has 1 atom stereocenters. The third kappa shape index (κ3) is 0.514. The number of hydrogen-bond acceptors (Lipinski definition) is 5. The predicted octanol–water partition coefficient (Wildman–Crippen LogP) is -1.21. The minimum Gasteiger partial charge on any atom is -0.360 e. The zero-order valence-electron chi connectivity index (χ0n) is 5.40. The summed E-state index contributed by atoms with van der Waals surface area (Å²) in [5.74, 6) is -3.61. The van der Waals surface area contributed by atoms with E-state index in [4.69, 9.17) is 9.76 Å². The Hall–Kier alpha value is -0.135. The van der Waals surface area contributed by atoms with Crippen LogP contribution < -0.4 is 0 Å². The first-order valence-electron chi connectivity index (χ1n) is 3.08. The van der Waals surface area contributed by atoms with Gasteiger partial charge in [0, 0.05) is 6.42 Å². The molecule has 0 aliphatic carbocycles. The van der Waals surface area contributed by atoms with Crippen molar-refractivity contribution in [1.82, 2.24) is 0 Å². The van der Waals surface area contributed by atoms with Crippen LogP contribution in [0.1, 0.15) is 13.3 Å². The first-order chi connectivity index (χ1) is 4.60. The van der Waals surface area contributed by atoms with Crippen molar-refractivity contribution >= 4 is 7.32 Å². The van der Waals surface area contributed by atoms with Crippen LogP contribution >= 0.6 is 0 Å². The molecule has 2 bridgehead atoms. The van der Waals surface area contributed by atoms with Gasteiger partial charge >= 0.3 is 13.3 Å². The van der Waals surface area contributed by atoms with Crippen LogP contribution in [0, 0.1) is 0 Å². The van der Waals surface area contributed by atoms with Crippen LogP contribution in [-0.4, -0.2) is 29.3 Å². The molecule has 3 rings (SSSR count). The Balaban J connectivity index is 2.25. The lowest BCUT2D eigenvalue weighted by Gasteiger charge is -2.34. The summed E-state index contributed by atoms with van der Waals surface area (Å²) >= 11 is 0. The summed E-state index contributed by atoms with van der Waals surface area (Å²) in [5, 5.41) is 18.5. The normalized spacial score (nSPS) is 51.3. The van der Waals surface area contributed by atoms with Gasteiger partial charge in [0.05, 0.1) is 0 Å². The van der Waals surface area contributed by atoms with Gasteiger partial charge in [0.15, 0.2) is 0 Å². The van der Waals surface area contributed by atoms with Crippen LogP contribution in [0.5, 0.6) is 0 Å². The van der Waals surface area contributed by atoms with E-state index < -0.39 is 19.1 Å². The molecule has 3 heterocycles. The van der Waals surface area contributed by atoms with E-state index in [-0.39, 0.29) is 6.42 Å². The molecule has 0 amide bonds. The van der Waals surface area contributed by atoms with Crippen LogP contribution in [0.4, 0.5) is 0 Å². The molecule has 56 valence electrons. The molecule has 0 aromatic carbocycles. The van der Waals surface area contributed by atoms with Crippen LogP contribution in [0.15, 0.2) is 0 Å². The van der Waals surface area contributed by atoms with E-state index in [1.165, 1.54) is 0 Å². The van der Waals surface area contributed by atoms with Crippen LogP contribution in [-0.2, 0) is 14.0 Å². The Morgan fingerprint density at radius 1 is 1.30 bits per heavy atom. The Morgan fingerprint density at radius 3 is 2.10 bits per heavy atom. The molecule has 2 N–H and O–H groups in total. The highest BCUT2D eigenvalue weighted by Gasteiger charge is 2.74. The average Bonchev–Trinajstić information content (AvgIpc) is 2.17. The zero-order chi connectivity index (χ0) is 7.41. The summed E-state index contributed by atoms with van der Waals surface area (Å²) in [5.41, 5.74) is 0. The fourth-order valence-corrected chi connectivity index (χ4v) is 1.04. The van der Waals surface area contributed by atoms with Gasteiger partial charge in [0.1, 0.15) is 0 Å². The summed E-state index contributed by atoms with van der Waals surface area (Å²) in [6.45, 7) is 1.66. The van der Waals surface area contributed by atoms with E-state index in [1.807, 2.05) is 0 Å². The maximum absolute atomic E-state index is 9.35. The fraction of sp³-hybridized carbons (Fsp3) is 1.00. The molecular formula is C4H7BO5. The van der Waals surface area contributed by atoms with Gasteiger partial charge in [-0.15, -0.1) is 0 Å². The molecule has 6 heteroatoms. The zero-order valence-corrected chi connectivity index (χ0v) is 5.40. The van der Waals surface area contributed by atoms with Gasteiger partial charge in [-0.25, -0.2) is 0 Å². The average molecular weight is 146 g/mol. The quantitative estimate of drug-likeness (QED) is 0.454. The summed E-state index contributed by atoms with van der Waals surface area (Å²) in [6.07, 6.45) is 0.222. The molecule has 1 unspecified atom stereocenters. The minimum absolute atomic E-state index is 0.222. The largest absolute Gasteiger partial charge is 0.649 e. The lowest BCUT2D eigenvalue weighted by molar-refractivity contribution is -0.400. The van der Waals surface area contributed by atoms with Gasteiger partial charge in [-0.3, -0.25) is 0 Å². The third-order valence-corrected chi connectivity index (χ3v) is 1.78. The standard InChI is InChI=1S/C4H7BO5/c1-2-3(6)4(7)9-5(8-3)10-4/h6-7H,2H2,1H3. The van der Waals surface area contributed by atoms with Crippen LogP contribution in [0.2, 0.25) is 0 Å². The highest BCUT2D eigenvalue weighted by molar-refractivity contribution is 6.40. The molecule has 3 saturated heterocycles. The van der Waals surface area contributed by atoms with Crippen molar-refractivity contribution in [3.8, 4) is 0 Å². The highest BCUT2D eigenvalue weighted by atomic mass is 17.0. The van der Waals surface area contributed by atoms with Gasteiger partial charge in [-0.1, -0.05) is 6.92 Å². The van der Waals surface area contributed by atoms with E-state index in [9.17, 15) is 5.11 Å². The molecule has 3 aliphatic heterocycles. The fourth-order valence-electron chi connectivity index (χ4n) is 1.04. The van der Waals surface area contributed by atoms with Gasteiger partial charge < -0.3 is 24.2 Å². The van der Waals surface area contributed by atoms with Crippen molar-refractivity contribution in [3.63, 3.8) is 0 Å². The second-order valence-electron chi connectivity index (χ2n) is 2.36. The Bertz CT molecular complexity index is 167.